The summed E-state index contributed by atoms with van der Waals surface area (Å²) in [7, 11) is 0. The van der Waals surface area contributed by atoms with E-state index in [0.717, 1.165) is 18.5 Å². The molecule has 0 saturated heterocycles. The molecule has 0 bridgehead atoms. The highest BCUT2D eigenvalue weighted by Crippen LogP contribution is 2.20. The summed E-state index contributed by atoms with van der Waals surface area (Å²) in [5.74, 6) is -0.191. The van der Waals surface area contributed by atoms with Crippen LogP contribution < -0.4 is 11.1 Å². The minimum Gasteiger partial charge on any atom is -0.351 e. The van der Waals surface area contributed by atoms with E-state index in [9.17, 15) is 4.79 Å². The van der Waals surface area contributed by atoms with Gasteiger partial charge in [-0.05, 0) is 52.3 Å². The molecule has 1 aromatic rings. The lowest BCUT2D eigenvalue weighted by molar-refractivity contribution is -0.124. The summed E-state index contributed by atoms with van der Waals surface area (Å²) in [4.78, 5) is 16.6. The van der Waals surface area contributed by atoms with Gasteiger partial charge in [-0.2, -0.15) is 0 Å². The van der Waals surface area contributed by atoms with E-state index in [0.29, 0.717) is 6.54 Å². The lowest BCUT2D eigenvalue weighted by Crippen LogP contribution is -2.43. The summed E-state index contributed by atoms with van der Waals surface area (Å²) in [5.41, 5.74) is 6.11. The molecule has 1 atom stereocenters. The molecule has 4 heteroatoms. The molecular weight excluding hydrogens is 226 g/mol. The molecule has 1 rings (SSSR count). The molecule has 0 aliphatic carbocycles. The van der Waals surface area contributed by atoms with Crippen LogP contribution >= 0.6 is 0 Å². The fraction of sp³-hybridized carbons (Fsp3) is 0.571. The van der Waals surface area contributed by atoms with Crippen LogP contribution in [0.15, 0.2) is 24.4 Å². The van der Waals surface area contributed by atoms with Crippen LogP contribution in [0.25, 0.3) is 0 Å². The van der Waals surface area contributed by atoms with E-state index >= 15 is 0 Å². The number of amides is 1. The summed E-state index contributed by atoms with van der Waals surface area (Å²) in [6.07, 6.45) is 3.27. The van der Waals surface area contributed by atoms with E-state index in [1.165, 1.54) is 0 Å². The maximum atomic E-state index is 12.3. The molecule has 0 aliphatic heterocycles. The first-order chi connectivity index (χ1) is 8.44. The van der Waals surface area contributed by atoms with Crippen LogP contribution in [-0.2, 0) is 4.79 Å². The summed E-state index contributed by atoms with van der Waals surface area (Å²) < 4.78 is 0. The Bertz CT molecular complexity index is 370. The Morgan fingerprint density at radius 3 is 2.67 bits per heavy atom. The average molecular weight is 249 g/mol. The first-order valence-electron chi connectivity index (χ1n) is 6.37. The van der Waals surface area contributed by atoms with Crippen molar-refractivity contribution in [2.45, 2.75) is 45.1 Å². The van der Waals surface area contributed by atoms with E-state index in [1.54, 1.807) is 6.20 Å². The van der Waals surface area contributed by atoms with Gasteiger partial charge in [-0.25, -0.2) is 0 Å². The summed E-state index contributed by atoms with van der Waals surface area (Å²) in [5, 5.41) is 3.01. The quantitative estimate of drug-likeness (QED) is 0.836. The lowest BCUT2D eigenvalue weighted by atomic mass is 9.96. The molecule has 100 valence electrons. The van der Waals surface area contributed by atoms with Gasteiger partial charge in [0.1, 0.15) is 0 Å². The number of carbonyl (C=O) groups is 1. The first kappa shape index (κ1) is 14.6. The second kappa shape index (κ2) is 6.50. The molecule has 0 spiro atoms. The normalized spacial score (nSPS) is 13.1. The van der Waals surface area contributed by atoms with Crippen LogP contribution in [-0.4, -0.2) is 23.0 Å². The van der Waals surface area contributed by atoms with Crippen molar-refractivity contribution < 1.29 is 4.79 Å². The lowest BCUT2D eigenvalue weighted by Gasteiger charge is -2.24. The number of carbonyl (C=O) groups excluding carboxylic acids is 1. The van der Waals surface area contributed by atoms with Gasteiger partial charge in [-0.1, -0.05) is 6.07 Å². The van der Waals surface area contributed by atoms with E-state index in [2.05, 4.69) is 10.3 Å². The Kier molecular flexibility index (Phi) is 5.28. The summed E-state index contributed by atoms with van der Waals surface area (Å²) in [6.45, 7) is 6.52. The first-order valence-corrected chi connectivity index (χ1v) is 6.37. The van der Waals surface area contributed by atoms with Gasteiger partial charge in [0, 0.05) is 11.7 Å². The molecule has 1 aromatic heterocycles. The molecule has 0 saturated carbocycles. The van der Waals surface area contributed by atoms with Crippen molar-refractivity contribution in [2.75, 3.05) is 6.54 Å². The zero-order chi connectivity index (χ0) is 13.6. The van der Waals surface area contributed by atoms with Crippen LogP contribution in [0.4, 0.5) is 0 Å². The Balaban J connectivity index is 2.82. The number of hydrogen-bond donors (Lipinski definition) is 2. The van der Waals surface area contributed by atoms with Crippen LogP contribution in [0, 0.1) is 0 Å². The number of nitrogens with one attached hydrogen (secondary N) is 1. The highest BCUT2D eigenvalue weighted by atomic mass is 16.2. The SMILES string of the molecule is CC(C)(C)NC(=O)C(CCCN)c1ccccn1. The molecular formula is C14H23N3O. The van der Waals surface area contributed by atoms with E-state index in [-0.39, 0.29) is 17.4 Å². The number of rotatable bonds is 5. The molecule has 0 fully saturated rings. The fourth-order valence-corrected chi connectivity index (χ4v) is 1.77. The maximum Gasteiger partial charge on any atom is 0.229 e. The van der Waals surface area contributed by atoms with Gasteiger partial charge in [0.25, 0.3) is 0 Å². The third kappa shape index (κ3) is 4.84. The molecule has 1 heterocycles. The fourth-order valence-electron chi connectivity index (χ4n) is 1.77. The van der Waals surface area contributed by atoms with Crippen LogP contribution in [0.5, 0.6) is 0 Å². The van der Waals surface area contributed by atoms with E-state index < -0.39 is 0 Å². The molecule has 3 N–H and O–H groups in total. The van der Waals surface area contributed by atoms with Crippen molar-refractivity contribution in [3.63, 3.8) is 0 Å². The standard InChI is InChI=1S/C14H23N3O/c1-14(2,3)17-13(18)11(7-6-9-15)12-8-4-5-10-16-12/h4-5,8,10-11H,6-7,9,15H2,1-3H3,(H,17,18). The second-order valence-corrected chi connectivity index (χ2v) is 5.48. The van der Waals surface area contributed by atoms with Crippen molar-refractivity contribution >= 4 is 5.91 Å². The minimum atomic E-state index is -0.229. The van der Waals surface area contributed by atoms with Crippen LogP contribution in [0.3, 0.4) is 0 Å². The Labute approximate surface area is 109 Å². The van der Waals surface area contributed by atoms with Crippen molar-refractivity contribution in [2.24, 2.45) is 5.73 Å². The number of pyridine rings is 1. The Morgan fingerprint density at radius 2 is 2.17 bits per heavy atom. The maximum absolute atomic E-state index is 12.3. The third-order valence-electron chi connectivity index (χ3n) is 2.56. The summed E-state index contributed by atoms with van der Waals surface area (Å²) in [6, 6.07) is 5.65. The smallest absolute Gasteiger partial charge is 0.229 e. The molecule has 18 heavy (non-hydrogen) atoms. The van der Waals surface area contributed by atoms with Gasteiger partial charge in [-0.15, -0.1) is 0 Å². The Hall–Kier alpha value is -1.42. The average Bonchev–Trinajstić information content (AvgIpc) is 2.28. The number of nitrogens with two attached hydrogens (primary N) is 1. The number of nitrogens with zero attached hydrogens (tertiary/aromatic N) is 1. The highest BCUT2D eigenvalue weighted by Gasteiger charge is 2.24. The van der Waals surface area contributed by atoms with Gasteiger partial charge in [0.15, 0.2) is 0 Å². The molecule has 0 radical (unpaired) electrons. The molecule has 0 aromatic carbocycles. The van der Waals surface area contributed by atoms with Crippen molar-refractivity contribution in [1.82, 2.24) is 10.3 Å². The monoisotopic (exact) mass is 249 g/mol. The van der Waals surface area contributed by atoms with Gasteiger partial charge in [-0.3, -0.25) is 9.78 Å². The van der Waals surface area contributed by atoms with Gasteiger partial charge < -0.3 is 11.1 Å². The van der Waals surface area contributed by atoms with Crippen LogP contribution in [0.2, 0.25) is 0 Å². The van der Waals surface area contributed by atoms with Crippen molar-refractivity contribution in [1.29, 1.82) is 0 Å². The van der Waals surface area contributed by atoms with E-state index in [1.807, 2.05) is 39.0 Å². The summed E-state index contributed by atoms with van der Waals surface area (Å²) >= 11 is 0. The van der Waals surface area contributed by atoms with Gasteiger partial charge in [0.2, 0.25) is 5.91 Å². The third-order valence-corrected chi connectivity index (χ3v) is 2.56. The molecule has 1 amide bonds. The molecule has 0 aliphatic rings. The molecule has 1 unspecified atom stereocenters. The minimum absolute atomic E-state index is 0.0228. The second-order valence-electron chi connectivity index (χ2n) is 5.48. The number of hydrogen-bond acceptors (Lipinski definition) is 3. The molecule has 4 nitrogen and oxygen atoms in total. The van der Waals surface area contributed by atoms with Gasteiger partial charge >= 0.3 is 0 Å². The van der Waals surface area contributed by atoms with Crippen LogP contribution in [0.1, 0.15) is 45.2 Å². The zero-order valence-electron chi connectivity index (χ0n) is 11.4. The van der Waals surface area contributed by atoms with Gasteiger partial charge in [0.05, 0.1) is 11.6 Å². The highest BCUT2D eigenvalue weighted by molar-refractivity contribution is 5.83. The Morgan fingerprint density at radius 1 is 1.44 bits per heavy atom. The zero-order valence-corrected chi connectivity index (χ0v) is 11.4. The van der Waals surface area contributed by atoms with Crippen molar-refractivity contribution in [3.8, 4) is 0 Å². The topological polar surface area (TPSA) is 68.0 Å². The van der Waals surface area contributed by atoms with E-state index in [4.69, 9.17) is 5.73 Å². The number of aromatic nitrogens is 1. The van der Waals surface area contributed by atoms with Crippen molar-refractivity contribution in [3.05, 3.63) is 30.1 Å². The predicted molar refractivity (Wildman–Crippen MR) is 73.2 cm³/mol. The largest absolute Gasteiger partial charge is 0.351 e. The predicted octanol–water partition coefficient (Wildman–Crippen LogP) is 1.82.